The van der Waals surface area contributed by atoms with Gasteiger partial charge in [0.15, 0.2) is 5.78 Å². The highest BCUT2D eigenvalue weighted by Gasteiger charge is 2.05. The van der Waals surface area contributed by atoms with Crippen molar-refractivity contribution in [3.05, 3.63) is 68.6 Å². The minimum atomic E-state index is -0.00962. The first-order chi connectivity index (χ1) is 9.15. The summed E-state index contributed by atoms with van der Waals surface area (Å²) >= 11 is 6.71. The van der Waals surface area contributed by atoms with Crippen LogP contribution in [0.4, 0.5) is 0 Å². The molecule has 4 heteroatoms. The number of Topliss-reactive ketones (excluding diaryl/α,β-unsaturated/α-hetero) is 1. The minimum absolute atomic E-state index is 0.00962. The van der Waals surface area contributed by atoms with Crippen molar-refractivity contribution in [3.63, 3.8) is 0 Å². The Kier molecular flexibility index (Phi) is 5.31. The molecule has 2 rings (SSSR count). The van der Waals surface area contributed by atoms with Gasteiger partial charge in [-0.3, -0.25) is 4.79 Å². The third-order valence-electron chi connectivity index (χ3n) is 2.58. The second-order valence-corrected chi connectivity index (χ2v) is 5.88. The Bertz CT molecular complexity index is 547. The lowest BCUT2D eigenvalue weighted by atomic mass is 10.1. The van der Waals surface area contributed by atoms with Gasteiger partial charge in [0.25, 0.3) is 0 Å². The van der Waals surface area contributed by atoms with Crippen LogP contribution in [0.5, 0.6) is 0 Å². The molecule has 98 valence electrons. The molecule has 19 heavy (non-hydrogen) atoms. The zero-order valence-corrected chi connectivity index (χ0v) is 13.3. The number of carbonyl (C=O) groups excluding carboxylic acids is 1. The normalized spacial score (nSPS) is 10.4. The van der Waals surface area contributed by atoms with Crippen LogP contribution in [0, 0.1) is 0 Å². The molecular formula is C15H12Br2O2. The highest BCUT2D eigenvalue weighted by atomic mass is 79.9. The van der Waals surface area contributed by atoms with E-state index in [0.717, 1.165) is 14.5 Å². The molecule has 0 atom stereocenters. The van der Waals surface area contributed by atoms with Gasteiger partial charge in [-0.15, -0.1) is 0 Å². The fourth-order valence-corrected chi connectivity index (χ4v) is 2.09. The molecule has 0 aliphatic carbocycles. The third-order valence-corrected chi connectivity index (χ3v) is 3.64. The maximum Gasteiger partial charge on any atom is 0.188 e. The minimum Gasteiger partial charge on any atom is -0.369 e. The molecule has 0 bridgehead atoms. The highest BCUT2D eigenvalue weighted by Crippen LogP contribution is 2.13. The summed E-state index contributed by atoms with van der Waals surface area (Å²) in [5.74, 6) is -0.00962. The Morgan fingerprint density at radius 3 is 2.00 bits per heavy atom. The van der Waals surface area contributed by atoms with Crippen LogP contribution in [0.25, 0.3) is 0 Å². The van der Waals surface area contributed by atoms with Crippen molar-refractivity contribution in [1.29, 1.82) is 0 Å². The highest BCUT2D eigenvalue weighted by molar-refractivity contribution is 9.10. The lowest BCUT2D eigenvalue weighted by Gasteiger charge is -2.04. The first-order valence-electron chi connectivity index (χ1n) is 5.76. The summed E-state index contributed by atoms with van der Waals surface area (Å²) in [6.45, 7) is 0.535. The Hall–Kier alpha value is -0.970. The van der Waals surface area contributed by atoms with Gasteiger partial charge in [-0.1, -0.05) is 56.1 Å². The van der Waals surface area contributed by atoms with E-state index >= 15 is 0 Å². The second-order valence-electron chi connectivity index (χ2n) is 4.05. The lowest BCUT2D eigenvalue weighted by Crippen LogP contribution is -2.08. The number of benzene rings is 2. The van der Waals surface area contributed by atoms with Crippen LogP contribution >= 0.6 is 31.9 Å². The molecule has 2 aromatic rings. The van der Waals surface area contributed by atoms with E-state index in [4.69, 9.17) is 4.74 Å². The second kappa shape index (κ2) is 6.98. The van der Waals surface area contributed by atoms with E-state index in [2.05, 4.69) is 31.9 Å². The quantitative estimate of drug-likeness (QED) is 0.704. The molecule has 0 saturated carbocycles. The van der Waals surface area contributed by atoms with Crippen LogP contribution in [0.1, 0.15) is 15.9 Å². The van der Waals surface area contributed by atoms with Gasteiger partial charge in [0, 0.05) is 14.5 Å². The van der Waals surface area contributed by atoms with Gasteiger partial charge in [0.2, 0.25) is 0 Å². The van der Waals surface area contributed by atoms with Crippen molar-refractivity contribution < 1.29 is 9.53 Å². The number of halogens is 2. The summed E-state index contributed by atoms with van der Waals surface area (Å²) in [5, 5.41) is 0. The van der Waals surface area contributed by atoms with Crippen LogP contribution in [0.15, 0.2) is 57.5 Å². The predicted octanol–water partition coefficient (Wildman–Crippen LogP) is 4.61. The maximum absolute atomic E-state index is 11.9. The SMILES string of the molecule is O=C(COCc1ccc(Br)cc1)c1ccc(Br)cc1. The van der Waals surface area contributed by atoms with Gasteiger partial charge in [-0.2, -0.15) is 0 Å². The van der Waals surface area contributed by atoms with Crippen molar-refractivity contribution in [2.75, 3.05) is 6.61 Å². The standard InChI is InChI=1S/C15H12Br2O2/c16-13-5-1-11(2-6-13)9-19-10-15(18)12-3-7-14(17)8-4-12/h1-8H,9-10H2. The molecule has 0 aromatic heterocycles. The van der Waals surface area contributed by atoms with E-state index in [0.29, 0.717) is 12.2 Å². The van der Waals surface area contributed by atoms with Crippen LogP contribution < -0.4 is 0 Å². The molecule has 2 aromatic carbocycles. The Labute approximate surface area is 129 Å². The molecule has 0 aliphatic heterocycles. The molecule has 0 unspecified atom stereocenters. The van der Waals surface area contributed by atoms with Gasteiger partial charge in [0.05, 0.1) is 6.61 Å². The summed E-state index contributed by atoms with van der Waals surface area (Å²) < 4.78 is 7.42. The fourth-order valence-electron chi connectivity index (χ4n) is 1.56. The molecule has 0 radical (unpaired) electrons. The number of hydrogen-bond acceptors (Lipinski definition) is 2. The van der Waals surface area contributed by atoms with Gasteiger partial charge < -0.3 is 4.74 Å². The third kappa shape index (κ3) is 4.56. The van der Waals surface area contributed by atoms with Gasteiger partial charge in [-0.05, 0) is 29.8 Å². The van der Waals surface area contributed by atoms with Crippen molar-refractivity contribution in [2.24, 2.45) is 0 Å². The Balaban J connectivity index is 1.84. The molecule has 0 N–H and O–H groups in total. The Morgan fingerprint density at radius 1 is 0.895 bits per heavy atom. The number of hydrogen-bond donors (Lipinski definition) is 0. The van der Waals surface area contributed by atoms with Crippen LogP contribution in [-0.2, 0) is 11.3 Å². The first kappa shape index (κ1) is 14.4. The topological polar surface area (TPSA) is 26.3 Å². The monoisotopic (exact) mass is 382 g/mol. The van der Waals surface area contributed by atoms with E-state index in [1.807, 2.05) is 36.4 Å². The molecule has 0 spiro atoms. The van der Waals surface area contributed by atoms with Crippen LogP contribution in [0.2, 0.25) is 0 Å². The predicted molar refractivity (Wildman–Crippen MR) is 82.3 cm³/mol. The number of ketones is 1. The Morgan fingerprint density at radius 2 is 1.42 bits per heavy atom. The van der Waals surface area contributed by atoms with E-state index in [1.54, 1.807) is 12.1 Å². The van der Waals surface area contributed by atoms with Crippen molar-refractivity contribution in [3.8, 4) is 0 Å². The zero-order chi connectivity index (χ0) is 13.7. The fraction of sp³-hybridized carbons (Fsp3) is 0.133. The molecule has 0 heterocycles. The van der Waals surface area contributed by atoms with E-state index in [1.165, 1.54) is 0 Å². The summed E-state index contributed by atoms with van der Waals surface area (Å²) in [6.07, 6.45) is 0. The largest absolute Gasteiger partial charge is 0.369 e. The molecule has 0 amide bonds. The van der Waals surface area contributed by atoms with Crippen molar-refractivity contribution in [1.82, 2.24) is 0 Å². The van der Waals surface area contributed by atoms with Crippen molar-refractivity contribution in [2.45, 2.75) is 6.61 Å². The van der Waals surface area contributed by atoms with Gasteiger partial charge >= 0.3 is 0 Å². The summed E-state index contributed by atoms with van der Waals surface area (Å²) in [6, 6.07) is 15.1. The summed E-state index contributed by atoms with van der Waals surface area (Å²) in [5.41, 5.74) is 1.71. The number of ether oxygens (including phenoxy) is 1. The molecule has 2 nitrogen and oxygen atoms in total. The first-order valence-corrected chi connectivity index (χ1v) is 7.35. The molecule has 0 saturated heterocycles. The summed E-state index contributed by atoms with van der Waals surface area (Å²) in [4.78, 5) is 11.9. The average molecular weight is 384 g/mol. The van der Waals surface area contributed by atoms with Gasteiger partial charge in [0.1, 0.15) is 6.61 Å². The van der Waals surface area contributed by atoms with Crippen LogP contribution in [-0.4, -0.2) is 12.4 Å². The smallest absolute Gasteiger partial charge is 0.188 e. The maximum atomic E-state index is 11.9. The van der Waals surface area contributed by atoms with Gasteiger partial charge in [-0.25, -0.2) is 0 Å². The molecule has 0 aliphatic rings. The van der Waals surface area contributed by atoms with E-state index in [9.17, 15) is 4.79 Å². The average Bonchev–Trinajstić information content (AvgIpc) is 2.41. The zero-order valence-electron chi connectivity index (χ0n) is 10.1. The van der Waals surface area contributed by atoms with Crippen molar-refractivity contribution >= 4 is 37.6 Å². The molecular weight excluding hydrogens is 372 g/mol. The number of rotatable bonds is 5. The molecule has 0 fully saturated rings. The van der Waals surface area contributed by atoms with Crippen LogP contribution in [0.3, 0.4) is 0 Å². The van der Waals surface area contributed by atoms with E-state index in [-0.39, 0.29) is 12.4 Å². The number of carbonyl (C=O) groups is 1. The lowest BCUT2D eigenvalue weighted by molar-refractivity contribution is 0.0726. The van der Waals surface area contributed by atoms with E-state index < -0.39 is 0 Å². The summed E-state index contributed by atoms with van der Waals surface area (Å²) in [7, 11) is 0.